The summed E-state index contributed by atoms with van der Waals surface area (Å²) >= 11 is 0. The lowest BCUT2D eigenvalue weighted by Crippen LogP contribution is -2.14. The van der Waals surface area contributed by atoms with Crippen molar-refractivity contribution >= 4 is 0 Å². The smallest absolute Gasteiger partial charge is 0.127 e. The molecule has 1 unspecified atom stereocenters. The highest BCUT2D eigenvalue weighted by Gasteiger charge is 2.05. The van der Waals surface area contributed by atoms with Crippen LogP contribution in [0.3, 0.4) is 0 Å². The van der Waals surface area contributed by atoms with Crippen LogP contribution in [0.25, 0.3) is 0 Å². The Hall–Kier alpha value is -1.84. The predicted molar refractivity (Wildman–Crippen MR) is 67.0 cm³/mol. The summed E-state index contributed by atoms with van der Waals surface area (Å²) in [4.78, 5) is 0. The molecular weight excluding hydrogens is 214 g/mol. The molecule has 2 rings (SSSR count). The molecular formula is C14H15NO2. The van der Waals surface area contributed by atoms with Gasteiger partial charge in [0.2, 0.25) is 0 Å². The Balaban J connectivity index is 2.17. The number of aliphatic hydroxyl groups is 1. The Bertz CT molecular complexity index is 471. The van der Waals surface area contributed by atoms with Crippen LogP contribution in [0.5, 0.6) is 11.5 Å². The van der Waals surface area contributed by atoms with E-state index in [-0.39, 0.29) is 12.6 Å². The fourth-order valence-corrected chi connectivity index (χ4v) is 1.54. The van der Waals surface area contributed by atoms with E-state index in [1.54, 1.807) is 0 Å². The van der Waals surface area contributed by atoms with Gasteiger partial charge in [0.05, 0.1) is 12.6 Å². The third-order valence-electron chi connectivity index (χ3n) is 2.46. The van der Waals surface area contributed by atoms with Gasteiger partial charge in [-0.05, 0) is 29.8 Å². The zero-order valence-electron chi connectivity index (χ0n) is 9.41. The Morgan fingerprint density at radius 3 is 2.41 bits per heavy atom. The highest BCUT2D eigenvalue weighted by Crippen LogP contribution is 2.23. The van der Waals surface area contributed by atoms with E-state index < -0.39 is 0 Å². The molecule has 0 aliphatic rings. The van der Waals surface area contributed by atoms with Crippen LogP contribution in [0.15, 0.2) is 54.6 Å². The minimum atomic E-state index is -0.366. The molecule has 0 aliphatic heterocycles. The molecule has 88 valence electrons. The SMILES string of the molecule is NC(CO)c1cccc(Oc2ccccc2)c1. The first-order valence-electron chi connectivity index (χ1n) is 5.49. The third kappa shape index (κ3) is 3.06. The van der Waals surface area contributed by atoms with Crippen molar-refractivity contribution in [2.75, 3.05) is 6.61 Å². The van der Waals surface area contributed by atoms with Crippen LogP contribution in [0.1, 0.15) is 11.6 Å². The molecule has 17 heavy (non-hydrogen) atoms. The van der Waals surface area contributed by atoms with Gasteiger partial charge in [-0.3, -0.25) is 0 Å². The molecule has 0 amide bonds. The second-order valence-corrected chi connectivity index (χ2v) is 3.78. The van der Waals surface area contributed by atoms with E-state index in [4.69, 9.17) is 15.6 Å². The Kier molecular flexibility index (Phi) is 3.75. The normalized spacial score (nSPS) is 12.1. The van der Waals surface area contributed by atoms with Crippen LogP contribution in [-0.4, -0.2) is 11.7 Å². The molecule has 0 radical (unpaired) electrons. The maximum absolute atomic E-state index is 9.00. The van der Waals surface area contributed by atoms with Crippen molar-refractivity contribution in [2.45, 2.75) is 6.04 Å². The minimum Gasteiger partial charge on any atom is -0.457 e. The number of para-hydroxylation sites is 1. The molecule has 0 bridgehead atoms. The van der Waals surface area contributed by atoms with E-state index in [0.717, 1.165) is 17.1 Å². The number of nitrogens with two attached hydrogens (primary N) is 1. The van der Waals surface area contributed by atoms with Gasteiger partial charge in [0, 0.05) is 0 Å². The van der Waals surface area contributed by atoms with Gasteiger partial charge in [-0.1, -0.05) is 30.3 Å². The highest BCUT2D eigenvalue weighted by molar-refractivity contribution is 5.34. The summed E-state index contributed by atoms with van der Waals surface area (Å²) in [6.07, 6.45) is 0. The van der Waals surface area contributed by atoms with Crippen LogP contribution in [0.4, 0.5) is 0 Å². The van der Waals surface area contributed by atoms with Crippen molar-refractivity contribution in [2.24, 2.45) is 5.73 Å². The van der Waals surface area contributed by atoms with Crippen molar-refractivity contribution in [1.82, 2.24) is 0 Å². The summed E-state index contributed by atoms with van der Waals surface area (Å²) in [5, 5.41) is 9.00. The van der Waals surface area contributed by atoms with Gasteiger partial charge in [-0.2, -0.15) is 0 Å². The Morgan fingerprint density at radius 1 is 1.00 bits per heavy atom. The summed E-state index contributed by atoms with van der Waals surface area (Å²) in [6, 6.07) is 16.6. The average molecular weight is 229 g/mol. The molecule has 0 saturated carbocycles. The predicted octanol–water partition coefficient (Wildman–Crippen LogP) is 2.47. The molecule has 0 saturated heterocycles. The second-order valence-electron chi connectivity index (χ2n) is 3.78. The number of hydrogen-bond donors (Lipinski definition) is 2. The summed E-state index contributed by atoms with van der Waals surface area (Å²) in [5.41, 5.74) is 6.61. The molecule has 3 nitrogen and oxygen atoms in total. The van der Waals surface area contributed by atoms with E-state index in [1.807, 2.05) is 54.6 Å². The van der Waals surface area contributed by atoms with Gasteiger partial charge in [0.15, 0.2) is 0 Å². The van der Waals surface area contributed by atoms with Crippen molar-refractivity contribution < 1.29 is 9.84 Å². The second kappa shape index (κ2) is 5.48. The molecule has 3 N–H and O–H groups in total. The van der Waals surface area contributed by atoms with E-state index in [9.17, 15) is 0 Å². The van der Waals surface area contributed by atoms with Gasteiger partial charge < -0.3 is 15.6 Å². The number of rotatable bonds is 4. The standard InChI is InChI=1S/C14H15NO2/c15-14(10-16)11-5-4-8-13(9-11)17-12-6-2-1-3-7-12/h1-9,14,16H,10,15H2. The number of benzene rings is 2. The lowest BCUT2D eigenvalue weighted by atomic mass is 10.1. The molecule has 0 spiro atoms. The number of aliphatic hydroxyl groups excluding tert-OH is 1. The largest absolute Gasteiger partial charge is 0.457 e. The Labute approximate surface area is 100 Å². The molecule has 0 heterocycles. The van der Waals surface area contributed by atoms with Crippen LogP contribution < -0.4 is 10.5 Å². The van der Waals surface area contributed by atoms with Crippen LogP contribution >= 0.6 is 0 Å². The first-order chi connectivity index (χ1) is 8.29. The summed E-state index contributed by atoms with van der Waals surface area (Å²) in [5.74, 6) is 1.50. The molecule has 0 fully saturated rings. The Morgan fingerprint density at radius 2 is 1.71 bits per heavy atom. The molecule has 3 heteroatoms. The van der Waals surface area contributed by atoms with Crippen LogP contribution in [0, 0.1) is 0 Å². The van der Waals surface area contributed by atoms with E-state index in [2.05, 4.69) is 0 Å². The third-order valence-corrected chi connectivity index (χ3v) is 2.46. The van der Waals surface area contributed by atoms with Crippen molar-refractivity contribution in [3.8, 4) is 11.5 Å². The summed E-state index contributed by atoms with van der Waals surface area (Å²) in [7, 11) is 0. The van der Waals surface area contributed by atoms with Crippen molar-refractivity contribution in [3.63, 3.8) is 0 Å². The number of ether oxygens (including phenoxy) is 1. The first kappa shape index (κ1) is 11.6. The van der Waals surface area contributed by atoms with Crippen molar-refractivity contribution in [1.29, 1.82) is 0 Å². The lowest BCUT2D eigenvalue weighted by molar-refractivity contribution is 0.268. The van der Waals surface area contributed by atoms with E-state index >= 15 is 0 Å². The maximum Gasteiger partial charge on any atom is 0.127 e. The molecule has 2 aromatic carbocycles. The monoisotopic (exact) mass is 229 g/mol. The van der Waals surface area contributed by atoms with Crippen molar-refractivity contribution in [3.05, 3.63) is 60.2 Å². The number of hydrogen-bond acceptors (Lipinski definition) is 3. The highest BCUT2D eigenvalue weighted by atomic mass is 16.5. The molecule has 1 atom stereocenters. The zero-order valence-corrected chi connectivity index (χ0v) is 9.41. The fourth-order valence-electron chi connectivity index (χ4n) is 1.54. The quantitative estimate of drug-likeness (QED) is 0.846. The lowest BCUT2D eigenvalue weighted by Gasteiger charge is -2.11. The zero-order chi connectivity index (χ0) is 12.1. The first-order valence-corrected chi connectivity index (χ1v) is 5.49. The molecule has 2 aromatic rings. The van der Waals surface area contributed by atoms with Crippen LogP contribution in [0.2, 0.25) is 0 Å². The van der Waals surface area contributed by atoms with Gasteiger partial charge in [0.1, 0.15) is 11.5 Å². The van der Waals surface area contributed by atoms with Gasteiger partial charge >= 0.3 is 0 Å². The van der Waals surface area contributed by atoms with E-state index in [0.29, 0.717) is 0 Å². The fraction of sp³-hybridized carbons (Fsp3) is 0.143. The van der Waals surface area contributed by atoms with Gasteiger partial charge in [-0.25, -0.2) is 0 Å². The minimum absolute atomic E-state index is 0.0746. The van der Waals surface area contributed by atoms with E-state index in [1.165, 1.54) is 0 Å². The summed E-state index contributed by atoms with van der Waals surface area (Å²) in [6.45, 7) is -0.0746. The molecule has 0 aromatic heterocycles. The van der Waals surface area contributed by atoms with Gasteiger partial charge in [0.25, 0.3) is 0 Å². The average Bonchev–Trinajstić information content (AvgIpc) is 2.39. The molecule has 0 aliphatic carbocycles. The van der Waals surface area contributed by atoms with Gasteiger partial charge in [-0.15, -0.1) is 0 Å². The van der Waals surface area contributed by atoms with Crippen LogP contribution in [-0.2, 0) is 0 Å². The topological polar surface area (TPSA) is 55.5 Å². The maximum atomic E-state index is 9.00. The summed E-state index contributed by atoms with van der Waals surface area (Å²) < 4.78 is 5.68.